The zero-order valence-corrected chi connectivity index (χ0v) is 10.0. The van der Waals surface area contributed by atoms with Crippen LogP contribution in [0.25, 0.3) is 0 Å². The first-order valence-electron chi connectivity index (χ1n) is 5.55. The number of aromatic nitrogens is 2. The van der Waals surface area contributed by atoms with Gasteiger partial charge in [-0.2, -0.15) is 0 Å². The largest absolute Gasteiger partial charge is 0.350 e. The van der Waals surface area contributed by atoms with Gasteiger partial charge in [0.05, 0.1) is 18.4 Å². The van der Waals surface area contributed by atoms with Gasteiger partial charge in [-0.25, -0.2) is 4.98 Å². The summed E-state index contributed by atoms with van der Waals surface area (Å²) in [5.41, 5.74) is 1.03. The van der Waals surface area contributed by atoms with Crippen molar-refractivity contribution in [2.75, 3.05) is 19.0 Å². The number of imidazole rings is 1. The Morgan fingerprint density at radius 1 is 1.62 bits per heavy atom. The zero-order chi connectivity index (χ0) is 11.7. The van der Waals surface area contributed by atoms with E-state index in [-0.39, 0.29) is 11.8 Å². The van der Waals surface area contributed by atoms with Gasteiger partial charge in [0.25, 0.3) is 0 Å². The third-order valence-corrected chi connectivity index (χ3v) is 2.85. The minimum atomic E-state index is 0.174. The number of anilines is 1. The number of carbonyl (C=O) groups excluding carboxylic acids is 1. The highest BCUT2D eigenvalue weighted by Crippen LogP contribution is 2.28. The van der Waals surface area contributed by atoms with Crippen molar-refractivity contribution >= 4 is 11.9 Å². The minimum absolute atomic E-state index is 0.174. The Balaban J connectivity index is 1.96. The van der Waals surface area contributed by atoms with Gasteiger partial charge < -0.3 is 14.8 Å². The maximum atomic E-state index is 11.5. The molecule has 1 fully saturated rings. The van der Waals surface area contributed by atoms with Crippen molar-refractivity contribution in [1.82, 2.24) is 14.9 Å². The molecule has 0 atom stereocenters. The second-order valence-electron chi connectivity index (χ2n) is 4.50. The molecule has 2 rings (SSSR count). The predicted molar refractivity (Wildman–Crippen MR) is 62.1 cm³/mol. The van der Waals surface area contributed by atoms with Crippen LogP contribution in [-0.4, -0.2) is 29.6 Å². The van der Waals surface area contributed by atoms with Crippen molar-refractivity contribution in [3.05, 3.63) is 11.9 Å². The Bertz CT molecular complexity index is 393. The monoisotopic (exact) mass is 222 g/mol. The van der Waals surface area contributed by atoms with Crippen LogP contribution in [0.3, 0.4) is 0 Å². The highest BCUT2D eigenvalue weighted by molar-refractivity contribution is 5.80. The number of amides is 1. The first-order valence-corrected chi connectivity index (χ1v) is 5.55. The van der Waals surface area contributed by atoms with Crippen LogP contribution in [0.1, 0.15) is 18.5 Å². The van der Waals surface area contributed by atoms with Crippen LogP contribution in [0.2, 0.25) is 0 Å². The van der Waals surface area contributed by atoms with E-state index in [0.717, 1.165) is 24.5 Å². The molecule has 5 heteroatoms. The molecule has 88 valence electrons. The van der Waals surface area contributed by atoms with Crippen molar-refractivity contribution in [1.29, 1.82) is 0 Å². The van der Waals surface area contributed by atoms with E-state index in [1.165, 1.54) is 0 Å². The SMILES string of the molecule is CN(C)c1ncc(CNC(=O)C2CC2)n1C. The summed E-state index contributed by atoms with van der Waals surface area (Å²) in [6.45, 7) is 0.562. The molecule has 0 unspecified atom stereocenters. The second kappa shape index (κ2) is 4.15. The van der Waals surface area contributed by atoms with E-state index in [1.807, 2.05) is 36.8 Å². The maximum Gasteiger partial charge on any atom is 0.223 e. The van der Waals surface area contributed by atoms with Crippen LogP contribution in [-0.2, 0) is 18.4 Å². The molecular weight excluding hydrogens is 204 g/mol. The summed E-state index contributed by atoms with van der Waals surface area (Å²) in [5, 5.41) is 2.94. The van der Waals surface area contributed by atoms with Gasteiger partial charge in [-0.05, 0) is 12.8 Å². The van der Waals surface area contributed by atoms with Crippen LogP contribution < -0.4 is 10.2 Å². The fraction of sp³-hybridized carbons (Fsp3) is 0.636. The van der Waals surface area contributed by atoms with E-state index in [1.54, 1.807) is 0 Å². The van der Waals surface area contributed by atoms with Gasteiger partial charge in [0.1, 0.15) is 0 Å². The molecular formula is C11H18N4O. The number of hydrogen-bond acceptors (Lipinski definition) is 3. The molecule has 1 saturated carbocycles. The van der Waals surface area contributed by atoms with Crippen molar-refractivity contribution in [3.63, 3.8) is 0 Å². The van der Waals surface area contributed by atoms with Crippen LogP contribution >= 0.6 is 0 Å². The van der Waals surface area contributed by atoms with E-state index in [4.69, 9.17) is 0 Å². The molecule has 0 spiro atoms. The Morgan fingerprint density at radius 2 is 2.31 bits per heavy atom. The first-order chi connectivity index (χ1) is 7.59. The zero-order valence-electron chi connectivity index (χ0n) is 10.0. The van der Waals surface area contributed by atoms with Crippen molar-refractivity contribution in [3.8, 4) is 0 Å². The van der Waals surface area contributed by atoms with E-state index >= 15 is 0 Å². The van der Waals surface area contributed by atoms with E-state index in [9.17, 15) is 4.79 Å². The molecule has 0 aromatic carbocycles. The molecule has 1 N–H and O–H groups in total. The van der Waals surface area contributed by atoms with Gasteiger partial charge in [-0.15, -0.1) is 0 Å². The Labute approximate surface area is 95.5 Å². The molecule has 0 saturated heterocycles. The van der Waals surface area contributed by atoms with Gasteiger partial charge >= 0.3 is 0 Å². The average Bonchev–Trinajstić information content (AvgIpc) is 3.00. The second-order valence-corrected chi connectivity index (χ2v) is 4.50. The molecule has 0 bridgehead atoms. The fourth-order valence-electron chi connectivity index (χ4n) is 1.68. The third-order valence-electron chi connectivity index (χ3n) is 2.85. The fourth-order valence-corrected chi connectivity index (χ4v) is 1.68. The molecule has 1 heterocycles. The molecule has 1 aliphatic rings. The number of rotatable bonds is 4. The van der Waals surface area contributed by atoms with Gasteiger partial charge in [0.15, 0.2) is 0 Å². The number of nitrogens with one attached hydrogen (secondary N) is 1. The van der Waals surface area contributed by atoms with Crippen molar-refractivity contribution < 1.29 is 4.79 Å². The summed E-state index contributed by atoms with van der Waals surface area (Å²) in [5.74, 6) is 1.34. The van der Waals surface area contributed by atoms with Crippen LogP contribution in [0.4, 0.5) is 5.95 Å². The average molecular weight is 222 g/mol. The quantitative estimate of drug-likeness (QED) is 0.807. The number of hydrogen-bond donors (Lipinski definition) is 1. The summed E-state index contributed by atoms with van der Waals surface area (Å²) >= 11 is 0. The molecule has 1 aromatic rings. The van der Waals surface area contributed by atoms with Crippen LogP contribution in [0.15, 0.2) is 6.20 Å². The molecule has 5 nitrogen and oxygen atoms in total. The van der Waals surface area contributed by atoms with Gasteiger partial charge in [0.2, 0.25) is 11.9 Å². The summed E-state index contributed by atoms with van der Waals surface area (Å²) in [6, 6.07) is 0. The van der Waals surface area contributed by atoms with E-state index in [0.29, 0.717) is 6.54 Å². The summed E-state index contributed by atoms with van der Waals surface area (Å²) in [6.07, 6.45) is 3.89. The molecule has 0 radical (unpaired) electrons. The highest BCUT2D eigenvalue weighted by Gasteiger charge is 2.29. The van der Waals surface area contributed by atoms with Gasteiger partial charge in [-0.3, -0.25) is 4.79 Å². The maximum absolute atomic E-state index is 11.5. The summed E-state index contributed by atoms with van der Waals surface area (Å²) < 4.78 is 1.99. The van der Waals surface area contributed by atoms with Crippen LogP contribution in [0.5, 0.6) is 0 Å². The molecule has 0 aliphatic heterocycles. The smallest absolute Gasteiger partial charge is 0.223 e. The van der Waals surface area contributed by atoms with Crippen molar-refractivity contribution in [2.24, 2.45) is 13.0 Å². The standard InChI is InChI=1S/C11H18N4O/c1-14(2)11-13-7-9(15(11)3)6-12-10(16)8-4-5-8/h7-8H,4-6H2,1-3H3,(H,12,16). The highest BCUT2D eigenvalue weighted by atomic mass is 16.2. The molecule has 16 heavy (non-hydrogen) atoms. The lowest BCUT2D eigenvalue weighted by Gasteiger charge is -2.12. The topological polar surface area (TPSA) is 50.2 Å². The lowest BCUT2D eigenvalue weighted by molar-refractivity contribution is -0.122. The van der Waals surface area contributed by atoms with Crippen molar-refractivity contribution in [2.45, 2.75) is 19.4 Å². The van der Waals surface area contributed by atoms with Crippen LogP contribution in [0, 0.1) is 5.92 Å². The number of nitrogens with zero attached hydrogens (tertiary/aromatic N) is 3. The van der Waals surface area contributed by atoms with E-state index in [2.05, 4.69) is 10.3 Å². The molecule has 1 aromatic heterocycles. The Kier molecular flexibility index (Phi) is 2.85. The molecule has 1 aliphatic carbocycles. The van der Waals surface area contributed by atoms with Gasteiger partial charge in [0, 0.05) is 27.1 Å². The Hall–Kier alpha value is -1.52. The van der Waals surface area contributed by atoms with E-state index < -0.39 is 0 Å². The minimum Gasteiger partial charge on any atom is -0.350 e. The third kappa shape index (κ3) is 2.18. The number of carbonyl (C=O) groups is 1. The summed E-state index contributed by atoms with van der Waals surface area (Å²) in [4.78, 5) is 17.7. The predicted octanol–water partition coefficient (Wildman–Crippen LogP) is 0.512. The van der Waals surface area contributed by atoms with Gasteiger partial charge in [-0.1, -0.05) is 0 Å². The lowest BCUT2D eigenvalue weighted by atomic mass is 10.3. The Morgan fingerprint density at radius 3 is 2.81 bits per heavy atom. The lowest BCUT2D eigenvalue weighted by Crippen LogP contribution is -2.25. The summed E-state index contributed by atoms with van der Waals surface area (Å²) in [7, 11) is 5.87. The normalized spacial score (nSPS) is 14.9. The molecule has 1 amide bonds. The first kappa shape index (κ1) is 11.0.